The van der Waals surface area contributed by atoms with Gasteiger partial charge in [0.05, 0.1) is 0 Å². The van der Waals surface area contributed by atoms with E-state index >= 15 is 0 Å². The van der Waals surface area contributed by atoms with Crippen LogP contribution in [0.4, 0.5) is 0 Å². The van der Waals surface area contributed by atoms with Crippen molar-refractivity contribution < 1.29 is 4.84 Å². The normalized spacial score (nSPS) is 11.4. The van der Waals surface area contributed by atoms with E-state index in [4.69, 9.17) is 16.4 Å². The molecule has 0 heterocycles. The molecule has 0 amide bonds. The minimum absolute atomic E-state index is 0.708. The van der Waals surface area contributed by atoms with Crippen molar-refractivity contribution in [2.75, 3.05) is 7.11 Å². The predicted molar refractivity (Wildman–Crippen MR) is 75.3 cm³/mol. The van der Waals surface area contributed by atoms with Crippen LogP contribution in [0.3, 0.4) is 0 Å². The lowest BCUT2D eigenvalue weighted by Gasteiger charge is -2.06. The molecule has 0 atom stereocenters. The molecular weight excluding hydrogens is 246 g/mol. The van der Waals surface area contributed by atoms with Gasteiger partial charge in [-0.05, 0) is 19.1 Å². The van der Waals surface area contributed by atoms with Crippen LogP contribution in [0.1, 0.15) is 16.7 Å². The molecule has 0 aliphatic heterocycles. The molecule has 3 heteroatoms. The molecule has 0 N–H and O–H groups in total. The van der Waals surface area contributed by atoms with Crippen molar-refractivity contribution in [3.63, 3.8) is 0 Å². The molecule has 0 radical (unpaired) electrons. The summed E-state index contributed by atoms with van der Waals surface area (Å²) in [6, 6.07) is 15.7. The van der Waals surface area contributed by atoms with E-state index < -0.39 is 0 Å². The summed E-state index contributed by atoms with van der Waals surface area (Å²) in [4.78, 5) is 4.93. The number of halogens is 1. The van der Waals surface area contributed by atoms with Gasteiger partial charge in [0, 0.05) is 16.1 Å². The van der Waals surface area contributed by atoms with E-state index in [1.54, 1.807) is 7.11 Å². The Morgan fingerprint density at radius 2 is 1.44 bits per heavy atom. The maximum Gasteiger partial charge on any atom is 0.117 e. The first-order valence-corrected chi connectivity index (χ1v) is 6.02. The van der Waals surface area contributed by atoms with Gasteiger partial charge in [-0.2, -0.15) is 0 Å². The van der Waals surface area contributed by atoms with E-state index in [1.165, 1.54) is 5.56 Å². The standard InChI is InChI=1S/C15H14ClNO/c1-11-3-5-12(6-4-11)15(17-18-2)13-7-9-14(16)10-8-13/h3-10H,1-2H3/b17-15+. The number of hydrogen-bond acceptors (Lipinski definition) is 2. The lowest BCUT2D eigenvalue weighted by Crippen LogP contribution is -2.03. The first-order valence-electron chi connectivity index (χ1n) is 5.65. The van der Waals surface area contributed by atoms with Crippen LogP contribution in [0.15, 0.2) is 53.7 Å². The Hall–Kier alpha value is -1.80. The molecule has 0 spiro atoms. The average molecular weight is 260 g/mol. The number of hydrogen-bond donors (Lipinski definition) is 0. The third kappa shape index (κ3) is 2.90. The smallest absolute Gasteiger partial charge is 0.117 e. The molecule has 2 aromatic rings. The highest BCUT2D eigenvalue weighted by molar-refractivity contribution is 6.30. The Balaban J connectivity index is 2.43. The van der Waals surface area contributed by atoms with Crippen LogP contribution in [0.2, 0.25) is 5.02 Å². The zero-order valence-electron chi connectivity index (χ0n) is 10.4. The average Bonchev–Trinajstić information content (AvgIpc) is 2.39. The molecule has 92 valence electrons. The van der Waals surface area contributed by atoms with Crippen molar-refractivity contribution in [2.24, 2.45) is 5.16 Å². The molecule has 0 aliphatic carbocycles. The van der Waals surface area contributed by atoms with Crippen molar-refractivity contribution >= 4 is 17.3 Å². The van der Waals surface area contributed by atoms with Crippen LogP contribution < -0.4 is 0 Å². The molecular formula is C15H14ClNO. The molecule has 2 rings (SSSR count). The van der Waals surface area contributed by atoms with Crippen molar-refractivity contribution in [1.29, 1.82) is 0 Å². The van der Waals surface area contributed by atoms with E-state index in [2.05, 4.69) is 24.2 Å². The molecule has 0 aromatic heterocycles. The summed E-state index contributed by atoms with van der Waals surface area (Å²) in [5.74, 6) is 0. The van der Waals surface area contributed by atoms with Crippen molar-refractivity contribution in [1.82, 2.24) is 0 Å². The van der Waals surface area contributed by atoms with Gasteiger partial charge in [0.2, 0.25) is 0 Å². The highest BCUT2D eigenvalue weighted by Gasteiger charge is 2.07. The molecule has 2 aromatic carbocycles. The topological polar surface area (TPSA) is 21.6 Å². The highest BCUT2D eigenvalue weighted by atomic mass is 35.5. The van der Waals surface area contributed by atoms with Gasteiger partial charge in [0.15, 0.2) is 0 Å². The maximum absolute atomic E-state index is 5.89. The summed E-state index contributed by atoms with van der Waals surface area (Å²) in [5.41, 5.74) is 4.01. The fourth-order valence-electron chi connectivity index (χ4n) is 1.68. The lowest BCUT2D eigenvalue weighted by atomic mass is 10.0. The van der Waals surface area contributed by atoms with Gasteiger partial charge < -0.3 is 4.84 Å². The number of aryl methyl sites for hydroxylation is 1. The zero-order chi connectivity index (χ0) is 13.0. The number of oxime groups is 1. The Labute approximate surface area is 112 Å². The van der Waals surface area contributed by atoms with Crippen molar-refractivity contribution in [2.45, 2.75) is 6.92 Å². The van der Waals surface area contributed by atoms with Crippen LogP contribution in [-0.4, -0.2) is 12.8 Å². The second-order valence-corrected chi connectivity index (χ2v) is 4.43. The van der Waals surface area contributed by atoms with Crippen LogP contribution >= 0.6 is 11.6 Å². The van der Waals surface area contributed by atoms with Crippen LogP contribution in [0.25, 0.3) is 0 Å². The Morgan fingerprint density at radius 1 is 0.944 bits per heavy atom. The second-order valence-electron chi connectivity index (χ2n) is 4.00. The fourth-order valence-corrected chi connectivity index (χ4v) is 1.81. The minimum Gasteiger partial charge on any atom is -0.399 e. The molecule has 0 saturated heterocycles. The molecule has 0 fully saturated rings. The van der Waals surface area contributed by atoms with Gasteiger partial charge in [0.25, 0.3) is 0 Å². The molecule has 2 nitrogen and oxygen atoms in total. The summed E-state index contributed by atoms with van der Waals surface area (Å²) in [7, 11) is 1.55. The fraction of sp³-hybridized carbons (Fsp3) is 0.133. The van der Waals surface area contributed by atoms with E-state index in [1.807, 2.05) is 36.4 Å². The Bertz CT molecular complexity index is 496. The Morgan fingerprint density at radius 3 is 1.94 bits per heavy atom. The second kappa shape index (κ2) is 5.69. The van der Waals surface area contributed by atoms with Crippen LogP contribution in [-0.2, 0) is 4.84 Å². The highest BCUT2D eigenvalue weighted by Crippen LogP contribution is 2.15. The molecule has 0 unspecified atom stereocenters. The quantitative estimate of drug-likeness (QED) is 0.602. The summed E-state index contributed by atoms with van der Waals surface area (Å²) >= 11 is 5.89. The van der Waals surface area contributed by atoms with Gasteiger partial charge in [-0.1, -0.05) is 58.7 Å². The van der Waals surface area contributed by atoms with Gasteiger partial charge in [-0.15, -0.1) is 0 Å². The molecule has 0 saturated carbocycles. The van der Waals surface area contributed by atoms with Gasteiger partial charge >= 0.3 is 0 Å². The first kappa shape index (κ1) is 12.7. The molecule has 0 bridgehead atoms. The van der Waals surface area contributed by atoms with E-state index in [0.29, 0.717) is 5.02 Å². The maximum atomic E-state index is 5.89. The Kier molecular flexibility index (Phi) is 4.00. The van der Waals surface area contributed by atoms with Crippen molar-refractivity contribution in [3.05, 3.63) is 70.2 Å². The summed E-state index contributed by atoms with van der Waals surface area (Å²) in [6.07, 6.45) is 0. The molecule has 18 heavy (non-hydrogen) atoms. The largest absolute Gasteiger partial charge is 0.399 e. The van der Waals surface area contributed by atoms with Crippen molar-refractivity contribution in [3.8, 4) is 0 Å². The third-order valence-corrected chi connectivity index (χ3v) is 2.88. The van der Waals surface area contributed by atoms with Gasteiger partial charge in [-0.25, -0.2) is 0 Å². The van der Waals surface area contributed by atoms with Crippen LogP contribution in [0, 0.1) is 6.92 Å². The number of nitrogens with zero attached hydrogens (tertiary/aromatic N) is 1. The van der Waals surface area contributed by atoms with E-state index in [0.717, 1.165) is 16.8 Å². The number of benzene rings is 2. The summed E-state index contributed by atoms with van der Waals surface area (Å²) in [5, 5.41) is 4.81. The van der Waals surface area contributed by atoms with Gasteiger partial charge in [-0.3, -0.25) is 0 Å². The van der Waals surface area contributed by atoms with E-state index in [9.17, 15) is 0 Å². The predicted octanol–water partition coefficient (Wildman–Crippen LogP) is 4.05. The summed E-state index contributed by atoms with van der Waals surface area (Å²) in [6.45, 7) is 2.05. The van der Waals surface area contributed by atoms with E-state index in [-0.39, 0.29) is 0 Å². The monoisotopic (exact) mass is 259 g/mol. The van der Waals surface area contributed by atoms with Gasteiger partial charge in [0.1, 0.15) is 12.8 Å². The SMILES string of the molecule is CO/N=C(\c1ccc(C)cc1)c1ccc(Cl)cc1. The van der Waals surface area contributed by atoms with Crippen LogP contribution in [0.5, 0.6) is 0 Å². The minimum atomic E-state index is 0.708. The summed E-state index contributed by atoms with van der Waals surface area (Å²) < 4.78 is 0. The lowest BCUT2D eigenvalue weighted by molar-refractivity contribution is 0.214. The third-order valence-electron chi connectivity index (χ3n) is 2.63. The molecule has 0 aliphatic rings. The number of rotatable bonds is 3. The zero-order valence-corrected chi connectivity index (χ0v) is 11.1. The first-order chi connectivity index (χ1) is 8.70.